The van der Waals surface area contributed by atoms with E-state index < -0.39 is 5.69 Å². The minimum absolute atomic E-state index is 0.101. The van der Waals surface area contributed by atoms with Gasteiger partial charge < -0.3 is 5.32 Å². The zero-order valence-corrected chi connectivity index (χ0v) is 14.4. The fourth-order valence-electron chi connectivity index (χ4n) is 2.58. The molecule has 3 rings (SSSR count). The van der Waals surface area contributed by atoms with E-state index in [9.17, 15) is 14.0 Å². The number of hydrogen-bond donors (Lipinski definition) is 1. The molecule has 0 radical (unpaired) electrons. The highest BCUT2D eigenvalue weighted by atomic mass is 19.1. The molecule has 1 aromatic carbocycles. The number of carbonyl (C=O) groups excluding carboxylic acids is 1. The van der Waals surface area contributed by atoms with Crippen LogP contribution in [0.5, 0.6) is 0 Å². The number of nitrogens with zero attached hydrogens (tertiary/aromatic N) is 4. The highest BCUT2D eigenvalue weighted by molar-refractivity contribution is 5.75. The van der Waals surface area contributed by atoms with Crippen LogP contribution in [0.1, 0.15) is 17.0 Å². The van der Waals surface area contributed by atoms with Crippen molar-refractivity contribution >= 4 is 5.91 Å². The molecule has 7 nitrogen and oxygen atoms in total. The van der Waals surface area contributed by atoms with Gasteiger partial charge in [-0.2, -0.15) is 10.1 Å². The highest BCUT2D eigenvalue weighted by Crippen LogP contribution is 2.10. The van der Waals surface area contributed by atoms with Crippen molar-refractivity contribution < 1.29 is 9.18 Å². The van der Waals surface area contributed by atoms with Gasteiger partial charge in [-0.1, -0.05) is 6.07 Å². The van der Waals surface area contributed by atoms with Gasteiger partial charge in [-0.25, -0.2) is 13.9 Å². The normalized spacial score (nSPS) is 10.7. The molecule has 2 aromatic heterocycles. The monoisotopic (exact) mass is 355 g/mol. The predicted molar refractivity (Wildman–Crippen MR) is 93.3 cm³/mol. The second-order valence-corrected chi connectivity index (χ2v) is 5.96. The fraction of sp³-hybridized carbons (Fsp3) is 0.222. The van der Waals surface area contributed by atoms with E-state index in [1.807, 2.05) is 0 Å². The van der Waals surface area contributed by atoms with Crippen LogP contribution in [0.25, 0.3) is 5.69 Å². The Kier molecular flexibility index (Phi) is 4.92. The Balaban J connectivity index is 1.63. The molecule has 0 unspecified atom stereocenters. The van der Waals surface area contributed by atoms with Crippen LogP contribution in [0.2, 0.25) is 0 Å². The predicted octanol–water partition coefficient (Wildman–Crippen LogP) is 1.50. The molecule has 0 aliphatic heterocycles. The Labute approximate surface area is 149 Å². The van der Waals surface area contributed by atoms with Crippen molar-refractivity contribution in [2.24, 2.45) is 0 Å². The Hall–Kier alpha value is -3.29. The SMILES string of the molecule is Cc1cc(C)n(CC(=O)NCc2cnn(-c3cccc(F)c3)c2)c(=O)n1. The van der Waals surface area contributed by atoms with Crippen molar-refractivity contribution in [2.45, 2.75) is 26.9 Å². The third-order valence-electron chi connectivity index (χ3n) is 3.85. The smallest absolute Gasteiger partial charge is 0.348 e. The molecule has 0 fully saturated rings. The number of amides is 1. The molecule has 0 atom stereocenters. The summed E-state index contributed by atoms with van der Waals surface area (Å²) in [5, 5.41) is 6.90. The van der Waals surface area contributed by atoms with Gasteiger partial charge in [-0.05, 0) is 38.1 Å². The van der Waals surface area contributed by atoms with E-state index in [1.54, 1.807) is 44.4 Å². The molecule has 26 heavy (non-hydrogen) atoms. The van der Waals surface area contributed by atoms with Crippen molar-refractivity contribution in [2.75, 3.05) is 0 Å². The standard InChI is InChI=1S/C18H18FN5O2/c1-12-6-13(2)23(18(26)22-12)11-17(25)20-8-14-9-21-24(10-14)16-5-3-4-15(19)7-16/h3-7,9-10H,8,11H2,1-2H3,(H,20,25). The first-order valence-electron chi connectivity index (χ1n) is 8.03. The maximum Gasteiger partial charge on any atom is 0.348 e. The van der Waals surface area contributed by atoms with Crippen LogP contribution in [0.3, 0.4) is 0 Å². The lowest BCUT2D eigenvalue weighted by Crippen LogP contribution is -2.34. The molecule has 3 aromatic rings. The van der Waals surface area contributed by atoms with E-state index >= 15 is 0 Å². The summed E-state index contributed by atoms with van der Waals surface area (Å²) in [5.41, 5.74) is 2.20. The Morgan fingerprint density at radius 2 is 2.08 bits per heavy atom. The molecule has 1 N–H and O–H groups in total. The van der Waals surface area contributed by atoms with Gasteiger partial charge in [0.25, 0.3) is 0 Å². The number of rotatable bonds is 5. The average molecular weight is 355 g/mol. The van der Waals surface area contributed by atoms with E-state index in [4.69, 9.17) is 0 Å². The molecule has 0 aliphatic rings. The van der Waals surface area contributed by atoms with Gasteiger partial charge >= 0.3 is 5.69 Å². The van der Waals surface area contributed by atoms with Crippen LogP contribution in [-0.2, 0) is 17.9 Å². The van der Waals surface area contributed by atoms with Gasteiger partial charge in [-0.15, -0.1) is 0 Å². The van der Waals surface area contributed by atoms with Crippen LogP contribution in [0.4, 0.5) is 4.39 Å². The highest BCUT2D eigenvalue weighted by Gasteiger charge is 2.09. The first-order chi connectivity index (χ1) is 12.4. The minimum Gasteiger partial charge on any atom is -0.350 e. The Bertz CT molecular complexity index is 1010. The van der Waals surface area contributed by atoms with Crippen LogP contribution in [0.15, 0.2) is 47.5 Å². The molecule has 0 saturated carbocycles. The number of hydrogen-bond acceptors (Lipinski definition) is 4. The molecule has 0 aliphatic carbocycles. The molecule has 8 heteroatoms. The molecular weight excluding hydrogens is 337 g/mol. The van der Waals surface area contributed by atoms with Crippen molar-refractivity contribution in [1.29, 1.82) is 0 Å². The van der Waals surface area contributed by atoms with Crippen LogP contribution >= 0.6 is 0 Å². The number of benzene rings is 1. The summed E-state index contributed by atoms with van der Waals surface area (Å²) in [6, 6.07) is 7.81. The summed E-state index contributed by atoms with van der Waals surface area (Å²) >= 11 is 0. The van der Waals surface area contributed by atoms with Crippen molar-refractivity contribution in [3.05, 3.63) is 76.0 Å². The minimum atomic E-state index is -0.448. The second kappa shape index (κ2) is 7.30. The van der Waals surface area contributed by atoms with Gasteiger partial charge in [0.05, 0.1) is 11.9 Å². The Morgan fingerprint density at radius 3 is 2.81 bits per heavy atom. The summed E-state index contributed by atoms with van der Waals surface area (Å²) in [7, 11) is 0. The lowest BCUT2D eigenvalue weighted by atomic mass is 10.3. The number of aromatic nitrogens is 4. The zero-order chi connectivity index (χ0) is 18.7. The summed E-state index contributed by atoms with van der Waals surface area (Å²) < 4.78 is 16.1. The summed E-state index contributed by atoms with van der Waals surface area (Å²) in [6.45, 7) is 3.64. The van der Waals surface area contributed by atoms with Gasteiger partial charge in [0, 0.05) is 29.7 Å². The molecule has 1 amide bonds. The maximum absolute atomic E-state index is 13.3. The summed E-state index contributed by atoms with van der Waals surface area (Å²) in [4.78, 5) is 27.8. The largest absolute Gasteiger partial charge is 0.350 e. The van der Waals surface area contributed by atoms with Crippen LogP contribution in [-0.4, -0.2) is 25.2 Å². The third-order valence-corrected chi connectivity index (χ3v) is 3.85. The zero-order valence-electron chi connectivity index (χ0n) is 14.4. The molecule has 134 valence electrons. The van der Waals surface area contributed by atoms with Crippen molar-refractivity contribution in [3.63, 3.8) is 0 Å². The van der Waals surface area contributed by atoms with Crippen LogP contribution in [0, 0.1) is 19.7 Å². The quantitative estimate of drug-likeness (QED) is 0.752. The van der Waals surface area contributed by atoms with E-state index in [-0.39, 0.29) is 24.8 Å². The molecule has 2 heterocycles. The number of halogens is 1. The van der Waals surface area contributed by atoms with E-state index in [2.05, 4.69) is 15.4 Å². The topological polar surface area (TPSA) is 81.8 Å². The third kappa shape index (κ3) is 4.02. The lowest BCUT2D eigenvalue weighted by Gasteiger charge is -2.09. The average Bonchev–Trinajstić information content (AvgIpc) is 3.05. The van der Waals surface area contributed by atoms with Gasteiger partial charge in [0.15, 0.2) is 0 Å². The number of carbonyl (C=O) groups is 1. The lowest BCUT2D eigenvalue weighted by molar-refractivity contribution is -0.121. The molecular formula is C18H18FN5O2. The van der Waals surface area contributed by atoms with E-state index in [0.29, 0.717) is 17.1 Å². The van der Waals surface area contributed by atoms with E-state index in [1.165, 1.54) is 21.4 Å². The second-order valence-electron chi connectivity index (χ2n) is 5.96. The van der Waals surface area contributed by atoms with Gasteiger partial charge in [-0.3, -0.25) is 9.36 Å². The van der Waals surface area contributed by atoms with Gasteiger partial charge in [0.1, 0.15) is 12.4 Å². The number of nitrogens with one attached hydrogen (secondary N) is 1. The fourth-order valence-corrected chi connectivity index (χ4v) is 2.58. The molecule has 0 spiro atoms. The summed E-state index contributed by atoms with van der Waals surface area (Å²) in [6.07, 6.45) is 3.30. The maximum atomic E-state index is 13.3. The molecule has 0 saturated heterocycles. The Morgan fingerprint density at radius 1 is 1.27 bits per heavy atom. The van der Waals surface area contributed by atoms with Crippen molar-refractivity contribution in [3.8, 4) is 5.69 Å². The van der Waals surface area contributed by atoms with Crippen LogP contribution < -0.4 is 11.0 Å². The van der Waals surface area contributed by atoms with Gasteiger partial charge in [0.2, 0.25) is 5.91 Å². The molecule has 0 bridgehead atoms. The van der Waals surface area contributed by atoms with E-state index in [0.717, 1.165) is 5.56 Å². The summed E-state index contributed by atoms with van der Waals surface area (Å²) in [5.74, 6) is -0.653. The first-order valence-corrected chi connectivity index (χ1v) is 8.03. The first kappa shape index (κ1) is 17.5. The number of aryl methyl sites for hydroxylation is 2. The van der Waals surface area contributed by atoms with Crippen molar-refractivity contribution in [1.82, 2.24) is 24.6 Å².